The third-order valence-corrected chi connectivity index (χ3v) is 6.48. The molecule has 0 radical (unpaired) electrons. The summed E-state index contributed by atoms with van der Waals surface area (Å²) in [5, 5.41) is 11.6. The fraction of sp³-hybridized carbons (Fsp3) is 0.348. The van der Waals surface area contributed by atoms with Gasteiger partial charge in [0.25, 0.3) is 0 Å². The molecule has 1 atom stereocenters. The lowest BCUT2D eigenvalue weighted by molar-refractivity contribution is 0.156. The van der Waals surface area contributed by atoms with Crippen molar-refractivity contribution in [2.75, 3.05) is 6.54 Å². The first-order valence-corrected chi connectivity index (χ1v) is 11.4. The van der Waals surface area contributed by atoms with Crippen LogP contribution in [0.15, 0.2) is 42.6 Å². The molecule has 0 aliphatic heterocycles. The SMILES string of the molecule is OC(CCNS)CCc1cc(-c2ncc(-c3ccc(C4CC4)c(Cl)c3)[nH]2)ccc1Cl. The number of nitrogens with zero attached hydrogens (tertiary/aromatic N) is 1. The molecule has 7 heteroatoms. The van der Waals surface area contributed by atoms with Crippen LogP contribution in [-0.2, 0) is 6.42 Å². The third kappa shape index (κ3) is 5.21. The molecule has 158 valence electrons. The van der Waals surface area contributed by atoms with Crippen molar-refractivity contribution in [3.63, 3.8) is 0 Å². The van der Waals surface area contributed by atoms with E-state index in [0.29, 0.717) is 36.7 Å². The Bertz CT molecular complexity index is 1020. The zero-order valence-electron chi connectivity index (χ0n) is 16.5. The molecule has 1 unspecified atom stereocenters. The number of nitrogens with one attached hydrogen (secondary N) is 2. The van der Waals surface area contributed by atoms with Gasteiger partial charge in [-0.1, -0.05) is 48.1 Å². The second-order valence-corrected chi connectivity index (χ2v) is 8.98. The molecule has 30 heavy (non-hydrogen) atoms. The van der Waals surface area contributed by atoms with Crippen LogP contribution in [0.1, 0.15) is 42.7 Å². The predicted octanol–water partition coefficient (Wildman–Crippen LogP) is 6.05. The predicted molar refractivity (Wildman–Crippen MR) is 127 cm³/mol. The summed E-state index contributed by atoms with van der Waals surface area (Å²) in [5.74, 6) is 1.41. The van der Waals surface area contributed by atoms with Gasteiger partial charge in [-0.2, -0.15) is 0 Å². The highest BCUT2D eigenvalue weighted by atomic mass is 35.5. The normalized spacial score (nSPS) is 14.8. The number of aliphatic hydroxyl groups is 1. The Balaban J connectivity index is 1.49. The van der Waals surface area contributed by atoms with E-state index in [4.69, 9.17) is 23.2 Å². The lowest BCUT2D eigenvalue weighted by atomic mass is 10.0. The van der Waals surface area contributed by atoms with Gasteiger partial charge in [0.2, 0.25) is 0 Å². The molecule has 1 fully saturated rings. The summed E-state index contributed by atoms with van der Waals surface area (Å²) < 4.78 is 2.76. The maximum absolute atomic E-state index is 10.1. The molecule has 0 saturated heterocycles. The van der Waals surface area contributed by atoms with Gasteiger partial charge in [-0.15, -0.1) is 0 Å². The smallest absolute Gasteiger partial charge is 0.137 e. The highest BCUT2D eigenvalue weighted by molar-refractivity contribution is 7.78. The number of aromatic amines is 1. The molecule has 1 aromatic heterocycles. The monoisotopic (exact) mass is 461 g/mol. The van der Waals surface area contributed by atoms with E-state index >= 15 is 0 Å². The number of halogens is 2. The Hall–Kier alpha value is -1.50. The van der Waals surface area contributed by atoms with Crippen LogP contribution in [0.25, 0.3) is 22.6 Å². The fourth-order valence-electron chi connectivity index (χ4n) is 3.65. The molecule has 3 aromatic rings. The lowest BCUT2D eigenvalue weighted by Gasteiger charge is -2.11. The Morgan fingerprint density at radius 1 is 1.10 bits per heavy atom. The molecular formula is C23H25Cl2N3OS. The van der Waals surface area contributed by atoms with Crippen LogP contribution < -0.4 is 4.72 Å². The summed E-state index contributed by atoms with van der Waals surface area (Å²) in [6.45, 7) is 0.666. The highest BCUT2D eigenvalue weighted by Gasteiger charge is 2.25. The second kappa shape index (κ2) is 9.75. The fourth-order valence-corrected chi connectivity index (χ4v) is 4.32. The third-order valence-electron chi connectivity index (χ3n) is 5.56. The number of H-pyrrole nitrogens is 1. The highest BCUT2D eigenvalue weighted by Crippen LogP contribution is 2.44. The van der Waals surface area contributed by atoms with Crippen LogP contribution in [0.3, 0.4) is 0 Å². The summed E-state index contributed by atoms with van der Waals surface area (Å²) >= 11 is 16.8. The average molecular weight is 462 g/mol. The van der Waals surface area contributed by atoms with Gasteiger partial charge in [0.05, 0.1) is 18.0 Å². The Morgan fingerprint density at radius 2 is 1.90 bits per heavy atom. The molecule has 0 amide bonds. The molecule has 0 bridgehead atoms. The lowest BCUT2D eigenvalue weighted by Crippen LogP contribution is -2.14. The van der Waals surface area contributed by atoms with E-state index in [2.05, 4.69) is 39.6 Å². The van der Waals surface area contributed by atoms with Crippen LogP contribution in [0.5, 0.6) is 0 Å². The molecular weight excluding hydrogens is 437 g/mol. The number of hydrogen-bond donors (Lipinski definition) is 4. The first-order valence-electron chi connectivity index (χ1n) is 10.2. The van der Waals surface area contributed by atoms with Gasteiger partial charge in [0.15, 0.2) is 0 Å². The van der Waals surface area contributed by atoms with Crippen molar-refractivity contribution in [2.45, 2.75) is 44.1 Å². The van der Waals surface area contributed by atoms with Crippen molar-refractivity contribution >= 4 is 36.0 Å². The molecule has 4 rings (SSSR count). The van der Waals surface area contributed by atoms with Crippen LogP contribution in [-0.4, -0.2) is 27.7 Å². The van der Waals surface area contributed by atoms with Gasteiger partial charge in [-0.25, -0.2) is 4.98 Å². The molecule has 0 spiro atoms. The average Bonchev–Trinajstić information content (AvgIpc) is 3.47. The minimum Gasteiger partial charge on any atom is -0.393 e. The van der Waals surface area contributed by atoms with Gasteiger partial charge < -0.3 is 10.1 Å². The summed E-state index contributed by atoms with van der Waals surface area (Å²) in [5.41, 5.74) is 5.17. The van der Waals surface area contributed by atoms with E-state index in [9.17, 15) is 5.11 Å². The van der Waals surface area contributed by atoms with Crippen molar-refractivity contribution in [1.82, 2.24) is 14.7 Å². The van der Waals surface area contributed by atoms with Gasteiger partial charge in [0, 0.05) is 27.7 Å². The van der Waals surface area contributed by atoms with Gasteiger partial charge in [-0.3, -0.25) is 4.72 Å². The molecule has 2 aromatic carbocycles. The Morgan fingerprint density at radius 3 is 2.63 bits per heavy atom. The number of hydrogen-bond acceptors (Lipinski definition) is 4. The maximum Gasteiger partial charge on any atom is 0.137 e. The summed E-state index contributed by atoms with van der Waals surface area (Å²) in [4.78, 5) is 7.96. The first-order chi connectivity index (χ1) is 14.5. The molecule has 1 aliphatic carbocycles. The molecule has 4 nitrogen and oxygen atoms in total. The number of aromatic nitrogens is 2. The minimum absolute atomic E-state index is 0.386. The van der Waals surface area contributed by atoms with Gasteiger partial charge in [0.1, 0.15) is 5.82 Å². The topological polar surface area (TPSA) is 60.9 Å². The number of rotatable bonds is 9. The quantitative estimate of drug-likeness (QED) is 0.293. The van der Waals surface area contributed by atoms with Crippen molar-refractivity contribution in [1.29, 1.82) is 0 Å². The van der Waals surface area contributed by atoms with E-state index in [0.717, 1.165) is 33.2 Å². The van der Waals surface area contributed by atoms with E-state index in [-0.39, 0.29) is 6.10 Å². The largest absolute Gasteiger partial charge is 0.393 e. The first kappa shape index (κ1) is 21.7. The zero-order valence-corrected chi connectivity index (χ0v) is 18.9. The summed E-state index contributed by atoms with van der Waals surface area (Å²) in [6, 6.07) is 12.1. The van der Waals surface area contributed by atoms with Crippen LogP contribution >= 0.6 is 36.0 Å². The molecule has 3 N–H and O–H groups in total. The molecule has 1 heterocycles. The number of benzene rings is 2. The van der Waals surface area contributed by atoms with E-state index < -0.39 is 0 Å². The second-order valence-electron chi connectivity index (χ2n) is 7.85. The summed E-state index contributed by atoms with van der Waals surface area (Å²) in [6.07, 6.45) is 5.91. The van der Waals surface area contributed by atoms with Crippen LogP contribution in [0.2, 0.25) is 10.0 Å². The Labute approximate surface area is 192 Å². The Kier molecular flexibility index (Phi) is 7.06. The number of aliphatic hydroxyl groups excluding tert-OH is 1. The van der Waals surface area contributed by atoms with Crippen LogP contribution in [0.4, 0.5) is 0 Å². The maximum atomic E-state index is 10.1. The molecule has 1 saturated carbocycles. The van der Waals surface area contributed by atoms with E-state index in [1.165, 1.54) is 18.4 Å². The van der Waals surface area contributed by atoms with Gasteiger partial charge >= 0.3 is 0 Å². The van der Waals surface area contributed by atoms with Crippen LogP contribution in [0, 0.1) is 0 Å². The van der Waals surface area contributed by atoms with Crippen molar-refractivity contribution < 1.29 is 5.11 Å². The zero-order chi connectivity index (χ0) is 21.1. The summed E-state index contributed by atoms with van der Waals surface area (Å²) in [7, 11) is 0. The van der Waals surface area contributed by atoms with E-state index in [1.807, 2.05) is 30.5 Å². The minimum atomic E-state index is -0.386. The van der Waals surface area contributed by atoms with Crippen molar-refractivity contribution in [3.05, 3.63) is 63.8 Å². The van der Waals surface area contributed by atoms with E-state index in [1.54, 1.807) is 0 Å². The number of imidazole rings is 1. The molecule has 1 aliphatic rings. The standard InChI is InChI=1S/C23H25Cl2N3OS/c24-20-8-5-17(11-15(20)3-6-18(29)9-10-27-30)23-26-13-22(28-23)16-4-7-19(14-1-2-14)21(25)12-16/h4-5,7-8,11-14,18,27,29-30H,1-3,6,9-10H2,(H,26,28). The number of aryl methyl sites for hydroxylation is 1. The van der Waals surface area contributed by atoms with Crippen molar-refractivity contribution in [2.24, 2.45) is 0 Å². The number of thiol groups is 1. The van der Waals surface area contributed by atoms with Gasteiger partial charge in [-0.05, 0) is 73.4 Å². The van der Waals surface area contributed by atoms with Crippen molar-refractivity contribution in [3.8, 4) is 22.6 Å².